The number of carbonyl (C=O) groups is 1. The van der Waals surface area contributed by atoms with Gasteiger partial charge in [0.2, 0.25) is 5.91 Å². The number of ether oxygens (including phenoxy) is 2. The van der Waals surface area contributed by atoms with Crippen molar-refractivity contribution in [1.29, 1.82) is 0 Å². The molecule has 0 radical (unpaired) electrons. The van der Waals surface area contributed by atoms with Gasteiger partial charge in [-0.1, -0.05) is 17.3 Å². The fourth-order valence-corrected chi connectivity index (χ4v) is 2.17. The molecule has 0 fully saturated rings. The van der Waals surface area contributed by atoms with Gasteiger partial charge >= 0.3 is 0 Å². The first kappa shape index (κ1) is 16.6. The lowest BCUT2D eigenvalue weighted by Crippen LogP contribution is -2.27. The number of amides is 1. The number of rotatable bonds is 8. The minimum atomic E-state index is -0.182. The number of para-hydroxylation sites is 2. The predicted octanol–water partition coefficient (Wildman–Crippen LogP) is 1.78. The zero-order chi connectivity index (χ0) is 17.5. The summed E-state index contributed by atoms with van der Waals surface area (Å²) >= 11 is 0. The van der Waals surface area contributed by atoms with Crippen molar-refractivity contribution in [2.75, 3.05) is 7.11 Å². The second kappa shape index (κ2) is 8.00. The first-order chi connectivity index (χ1) is 12.2. The average molecular weight is 342 g/mol. The molecule has 25 heavy (non-hydrogen) atoms. The summed E-state index contributed by atoms with van der Waals surface area (Å²) in [6.45, 7) is 0.640. The normalized spacial score (nSPS) is 10.4. The molecule has 0 aliphatic heterocycles. The van der Waals surface area contributed by atoms with Gasteiger partial charge in [-0.2, -0.15) is 0 Å². The van der Waals surface area contributed by atoms with Crippen molar-refractivity contribution in [3.05, 3.63) is 60.3 Å². The number of hydrogen-bond acceptors (Lipinski definition) is 6. The van der Waals surface area contributed by atoms with Crippen molar-refractivity contribution < 1.29 is 18.7 Å². The lowest BCUT2D eigenvalue weighted by atomic mass is 10.3. The van der Waals surface area contributed by atoms with Crippen molar-refractivity contribution in [2.45, 2.75) is 19.7 Å². The maximum absolute atomic E-state index is 11.9. The number of aromatic nitrogens is 3. The van der Waals surface area contributed by atoms with E-state index in [1.165, 1.54) is 4.68 Å². The third-order valence-electron chi connectivity index (χ3n) is 3.38. The molecule has 0 atom stereocenters. The third kappa shape index (κ3) is 4.60. The van der Waals surface area contributed by atoms with E-state index >= 15 is 0 Å². The molecule has 0 aliphatic carbocycles. The van der Waals surface area contributed by atoms with Crippen LogP contribution in [0.2, 0.25) is 0 Å². The molecular formula is C17H18N4O4. The Hall–Kier alpha value is -3.29. The average Bonchev–Trinajstić information content (AvgIpc) is 3.30. The Bertz CT molecular complexity index is 814. The molecule has 0 saturated heterocycles. The van der Waals surface area contributed by atoms with Crippen LogP contribution in [0.15, 0.2) is 53.3 Å². The molecule has 1 aromatic carbocycles. The Kier molecular flexibility index (Phi) is 5.30. The number of nitrogens with zero attached hydrogens (tertiary/aromatic N) is 3. The molecule has 0 aliphatic rings. The standard InChI is InChI=1S/C17H18N4O4/c1-23-15-6-2-3-7-16(15)25-12-13-10-21(20-19-13)11-17(22)18-9-14-5-4-8-24-14/h2-8,10H,9,11-12H2,1H3,(H,18,22). The fraction of sp³-hybridized carbons (Fsp3) is 0.235. The molecule has 0 spiro atoms. The Morgan fingerprint density at radius 2 is 2.08 bits per heavy atom. The van der Waals surface area contributed by atoms with Crippen LogP contribution in [0.4, 0.5) is 0 Å². The van der Waals surface area contributed by atoms with Crippen molar-refractivity contribution >= 4 is 5.91 Å². The van der Waals surface area contributed by atoms with Gasteiger partial charge in [0.25, 0.3) is 0 Å². The van der Waals surface area contributed by atoms with Crippen LogP contribution in [0.1, 0.15) is 11.5 Å². The highest BCUT2D eigenvalue weighted by atomic mass is 16.5. The Balaban J connectivity index is 1.49. The van der Waals surface area contributed by atoms with E-state index in [9.17, 15) is 4.79 Å². The van der Waals surface area contributed by atoms with Gasteiger partial charge in [0.15, 0.2) is 11.5 Å². The summed E-state index contributed by atoms with van der Waals surface area (Å²) in [7, 11) is 1.58. The predicted molar refractivity (Wildman–Crippen MR) is 87.9 cm³/mol. The van der Waals surface area contributed by atoms with Crippen molar-refractivity contribution in [1.82, 2.24) is 20.3 Å². The van der Waals surface area contributed by atoms with E-state index in [4.69, 9.17) is 13.9 Å². The van der Waals surface area contributed by atoms with Gasteiger partial charge in [0, 0.05) is 0 Å². The minimum absolute atomic E-state index is 0.0718. The molecule has 3 rings (SSSR count). The molecule has 8 heteroatoms. The van der Waals surface area contributed by atoms with Crippen LogP contribution in [0.25, 0.3) is 0 Å². The molecule has 3 aromatic rings. The van der Waals surface area contributed by atoms with Crippen molar-refractivity contribution in [2.24, 2.45) is 0 Å². The van der Waals surface area contributed by atoms with E-state index in [2.05, 4.69) is 15.6 Å². The lowest BCUT2D eigenvalue weighted by molar-refractivity contribution is -0.122. The summed E-state index contributed by atoms with van der Waals surface area (Å²) in [5.41, 5.74) is 0.616. The number of methoxy groups -OCH3 is 1. The van der Waals surface area contributed by atoms with E-state index in [0.717, 1.165) is 0 Å². The maximum atomic E-state index is 11.9. The smallest absolute Gasteiger partial charge is 0.242 e. The van der Waals surface area contributed by atoms with E-state index in [1.807, 2.05) is 24.3 Å². The number of furan rings is 1. The van der Waals surface area contributed by atoms with Gasteiger partial charge in [-0.15, -0.1) is 5.10 Å². The second-order valence-electron chi connectivity index (χ2n) is 5.20. The highest BCUT2D eigenvalue weighted by molar-refractivity contribution is 5.75. The lowest BCUT2D eigenvalue weighted by Gasteiger charge is -2.08. The highest BCUT2D eigenvalue weighted by Crippen LogP contribution is 2.26. The summed E-state index contributed by atoms with van der Waals surface area (Å²) in [6, 6.07) is 10.9. The van der Waals surface area contributed by atoms with Crippen LogP contribution in [0.3, 0.4) is 0 Å². The van der Waals surface area contributed by atoms with E-state index in [-0.39, 0.29) is 19.1 Å². The Morgan fingerprint density at radius 1 is 1.24 bits per heavy atom. The first-order valence-corrected chi connectivity index (χ1v) is 7.68. The van der Waals surface area contributed by atoms with Crippen LogP contribution in [-0.2, 0) is 24.5 Å². The fourth-order valence-electron chi connectivity index (χ4n) is 2.17. The largest absolute Gasteiger partial charge is 0.493 e. The number of carbonyl (C=O) groups excluding carboxylic acids is 1. The minimum Gasteiger partial charge on any atom is -0.493 e. The number of nitrogens with one attached hydrogen (secondary N) is 1. The summed E-state index contributed by atoms with van der Waals surface area (Å²) in [5, 5.41) is 10.7. The molecule has 0 saturated carbocycles. The summed E-state index contributed by atoms with van der Waals surface area (Å²) in [5.74, 6) is 1.78. The van der Waals surface area contributed by atoms with Gasteiger partial charge in [0.1, 0.15) is 24.6 Å². The topological polar surface area (TPSA) is 91.4 Å². The van der Waals surface area contributed by atoms with Crippen molar-refractivity contribution in [3.63, 3.8) is 0 Å². The maximum Gasteiger partial charge on any atom is 0.242 e. The molecule has 8 nitrogen and oxygen atoms in total. The molecule has 0 bridgehead atoms. The van der Waals surface area contributed by atoms with Crippen molar-refractivity contribution in [3.8, 4) is 11.5 Å². The second-order valence-corrected chi connectivity index (χ2v) is 5.20. The number of benzene rings is 1. The van der Waals surface area contributed by atoms with Crippen LogP contribution in [-0.4, -0.2) is 28.0 Å². The Labute approximate surface area is 144 Å². The molecular weight excluding hydrogens is 324 g/mol. The Morgan fingerprint density at radius 3 is 2.84 bits per heavy atom. The molecule has 2 aromatic heterocycles. The van der Waals surface area contributed by atoms with E-state index in [0.29, 0.717) is 29.5 Å². The van der Waals surface area contributed by atoms with Gasteiger partial charge < -0.3 is 19.2 Å². The number of hydrogen-bond donors (Lipinski definition) is 1. The SMILES string of the molecule is COc1ccccc1OCc1cn(CC(=O)NCc2ccco2)nn1. The van der Waals surface area contributed by atoms with Crippen LogP contribution in [0.5, 0.6) is 11.5 Å². The molecule has 1 N–H and O–H groups in total. The monoisotopic (exact) mass is 342 g/mol. The van der Waals surface area contributed by atoms with Gasteiger partial charge in [-0.05, 0) is 24.3 Å². The summed E-state index contributed by atoms with van der Waals surface area (Å²) in [4.78, 5) is 11.9. The molecule has 2 heterocycles. The van der Waals surface area contributed by atoms with E-state index in [1.54, 1.807) is 31.7 Å². The van der Waals surface area contributed by atoms with E-state index < -0.39 is 0 Å². The third-order valence-corrected chi connectivity index (χ3v) is 3.38. The van der Waals surface area contributed by atoms with Gasteiger partial charge in [0.05, 0.1) is 26.1 Å². The zero-order valence-electron chi connectivity index (χ0n) is 13.7. The quantitative estimate of drug-likeness (QED) is 0.671. The van der Waals surface area contributed by atoms with Gasteiger partial charge in [-0.3, -0.25) is 4.79 Å². The van der Waals surface area contributed by atoms with Crippen LogP contribution in [0, 0.1) is 0 Å². The molecule has 130 valence electrons. The van der Waals surface area contributed by atoms with Crippen LogP contribution < -0.4 is 14.8 Å². The molecule has 1 amide bonds. The van der Waals surface area contributed by atoms with Crippen LogP contribution >= 0.6 is 0 Å². The van der Waals surface area contributed by atoms with Gasteiger partial charge in [-0.25, -0.2) is 4.68 Å². The highest BCUT2D eigenvalue weighted by Gasteiger charge is 2.08. The first-order valence-electron chi connectivity index (χ1n) is 7.68. The summed E-state index contributed by atoms with van der Waals surface area (Å²) in [6.07, 6.45) is 3.23. The molecule has 0 unspecified atom stereocenters. The zero-order valence-corrected chi connectivity index (χ0v) is 13.7. The summed E-state index contributed by atoms with van der Waals surface area (Å²) < 4.78 is 17.5.